The van der Waals surface area contributed by atoms with Gasteiger partial charge < -0.3 is 9.84 Å². The van der Waals surface area contributed by atoms with Gasteiger partial charge in [-0.2, -0.15) is 0 Å². The lowest BCUT2D eigenvalue weighted by Crippen LogP contribution is -2.41. The maximum absolute atomic E-state index is 11.7. The van der Waals surface area contributed by atoms with E-state index < -0.39 is 23.5 Å². The largest absolute Gasteiger partial charge is 0.480 e. The molecule has 6 heteroatoms. The number of carboxylic acid groups (broad SMARTS) is 1. The molecule has 16 heavy (non-hydrogen) atoms. The molecule has 0 bridgehead atoms. The van der Waals surface area contributed by atoms with Crippen LogP contribution in [0.4, 0.5) is 0 Å². The van der Waals surface area contributed by atoms with Gasteiger partial charge in [0.15, 0.2) is 0 Å². The number of esters is 1. The number of ether oxygens (including phenoxy) is 1. The SMILES string of the molecule is CC(C)(C)OC(=O)[C@@H]1C[C@@H](C(=O)O)N(N)C1. The van der Waals surface area contributed by atoms with Crippen LogP contribution in [0.5, 0.6) is 0 Å². The first-order valence-corrected chi connectivity index (χ1v) is 5.17. The topological polar surface area (TPSA) is 92.9 Å². The highest BCUT2D eigenvalue weighted by atomic mass is 16.6. The van der Waals surface area contributed by atoms with Gasteiger partial charge in [-0.1, -0.05) is 0 Å². The van der Waals surface area contributed by atoms with Crippen molar-refractivity contribution in [3.8, 4) is 0 Å². The second-order valence-electron chi connectivity index (χ2n) is 5.02. The zero-order valence-corrected chi connectivity index (χ0v) is 9.77. The van der Waals surface area contributed by atoms with Crippen molar-refractivity contribution in [3.63, 3.8) is 0 Å². The fourth-order valence-corrected chi connectivity index (χ4v) is 1.66. The van der Waals surface area contributed by atoms with E-state index in [1.165, 1.54) is 5.01 Å². The van der Waals surface area contributed by atoms with E-state index >= 15 is 0 Å². The lowest BCUT2D eigenvalue weighted by molar-refractivity contribution is -0.159. The van der Waals surface area contributed by atoms with E-state index in [0.29, 0.717) is 0 Å². The van der Waals surface area contributed by atoms with Crippen LogP contribution < -0.4 is 5.84 Å². The third-order valence-corrected chi connectivity index (χ3v) is 2.36. The van der Waals surface area contributed by atoms with Crippen LogP contribution in [-0.4, -0.2) is 40.2 Å². The number of hydrazine groups is 1. The highest BCUT2D eigenvalue weighted by molar-refractivity contribution is 5.78. The van der Waals surface area contributed by atoms with Crippen LogP contribution in [-0.2, 0) is 14.3 Å². The highest BCUT2D eigenvalue weighted by Crippen LogP contribution is 2.23. The van der Waals surface area contributed by atoms with Gasteiger partial charge in [0.05, 0.1) is 5.92 Å². The van der Waals surface area contributed by atoms with Gasteiger partial charge >= 0.3 is 11.9 Å². The zero-order valence-electron chi connectivity index (χ0n) is 9.77. The summed E-state index contributed by atoms with van der Waals surface area (Å²) in [5.41, 5.74) is -0.558. The van der Waals surface area contributed by atoms with E-state index in [0.717, 1.165) is 0 Å². The van der Waals surface area contributed by atoms with Crippen LogP contribution in [0.1, 0.15) is 27.2 Å². The lowest BCUT2D eigenvalue weighted by atomic mass is 10.1. The molecule has 1 heterocycles. The maximum Gasteiger partial charge on any atom is 0.322 e. The fourth-order valence-electron chi connectivity index (χ4n) is 1.66. The minimum atomic E-state index is -1.01. The van der Waals surface area contributed by atoms with Gasteiger partial charge in [0, 0.05) is 6.54 Å². The van der Waals surface area contributed by atoms with Crippen LogP contribution in [0.2, 0.25) is 0 Å². The molecular weight excluding hydrogens is 212 g/mol. The van der Waals surface area contributed by atoms with Crippen molar-refractivity contribution in [2.75, 3.05) is 6.54 Å². The first-order chi connectivity index (χ1) is 7.20. The van der Waals surface area contributed by atoms with Gasteiger partial charge in [0.1, 0.15) is 11.6 Å². The number of hydrogen-bond donors (Lipinski definition) is 2. The summed E-state index contributed by atoms with van der Waals surface area (Å²) in [5, 5.41) is 10.0. The third-order valence-electron chi connectivity index (χ3n) is 2.36. The molecule has 0 spiro atoms. The lowest BCUT2D eigenvalue weighted by Gasteiger charge is -2.21. The molecule has 0 radical (unpaired) electrons. The van der Waals surface area contributed by atoms with Gasteiger partial charge in [-0.05, 0) is 27.2 Å². The summed E-state index contributed by atoms with van der Waals surface area (Å²) < 4.78 is 5.18. The van der Waals surface area contributed by atoms with Crippen molar-refractivity contribution < 1.29 is 19.4 Å². The predicted molar refractivity (Wildman–Crippen MR) is 56.3 cm³/mol. The van der Waals surface area contributed by atoms with Gasteiger partial charge in [0.2, 0.25) is 0 Å². The number of carboxylic acids is 1. The van der Waals surface area contributed by atoms with E-state index in [1.54, 1.807) is 20.8 Å². The van der Waals surface area contributed by atoms with E-state index in [4.69, 9.17) is 15.7 Å². The molecule has 0 unspecified atom stereocenters. The number of nitrogens with zero attached hydrogens (tertiary/aromatic N) is 1. The van der Waals surface area contributed by atoms with Crippen molar-refractivity contribution in [2.45, 2.75) is 38.8 Å². The number of carbonyl (C=O) groups is 2. The van der Waals surface area contributed by atoms with Crippen LogP contribution in [0.3, 0.4) is 0 Å². The molecule has 0 aliphatic carbocycles. The van der Waals surface area contributed by atoms with Crippen LogP contribution in [0, 0.1) is 5.92 Å². The Bertz CT molecular complexity index is 298. The summed E-state index contributed by atoms with van der Waals surface area (Å²) in [5.74, 6) is 3.67. The molecule has 92 valence electrons. The number of carbonyl (C=O) groups excluding carboxylic acids is 1. The first-order valence-electron chi connectivity index (χ1n) is 5.17. The van der Waals surface area contributed by atoms with Gasteiger partial charge in [-0.3, -0.25) is 15.4 Å². The molecule has 6 nitrogen and oxygen atoms in total. The average Bonchev–Trinajstić information content (AvgIpc) is 2.44. The normalized spacial score (nSPS) is 26.8. The Labute approximate surface area is 94.3 Å². The molecule has 1 aliphatic rings. The minimum Gasteiger partial charge on any atom is -0.480 e. The van der Waals surface area contributed by atoms with Crippen molar-refractivity contribution >= 4 is 11.9 Å². The van der Waals surface area contributed by atoms with E-state index in [-0.39, 0.29) is 18.9 Å². The van der Waals surface area contributed by atoms with Crippen molar-refractivity contribution in [1.82, 2.24) is 5.01 Å². The molecular formula is C10H18N2O4. The molecule has 1 fully saturated rings. The molecule has 0 amide bonds. The summed E-state index contributed by atoms with van der Waals surface area (Å²) in [7, 11) is 0. The Kier molecular flexibility index (Phi) is 3.54. The summed E-state index contributed by atoms with van der Waals surface area (Å²) in [6, 6.07) is -0.794. The second-order valence-corrected chi connectivity index (χ2v) is 5.02. The predicted octanol–water partition coefficient (Wildman–Crippen LogP) is -0.0231. The molecule has 1 rings (SSSR count). The molecule has 0 aromatic rings. The Hall–Kier alpha value is -1.14. The fraction of sp³-hybridized carbons (Fsp3) is 0.800. The highest BCUT2D eigenvalue weighted by Gasteiger charge is 2.40. The monoisotopic (exact) mass is 230 g/mol. The van der Waals surface area contributed by atoms with E-state index in [9.17, 15) is 9.59 Å². The maximum atomic E-state index is 11.7. The number of aliphatic carboxylic acids is 1. The van der Waals surface area contributed by atoms with Gasteiger partial charge in [-0.15, -0.1) is 0 Å². The molecule has 2 atom stereocenters. The van der Waals surface area contributed by atoms with Gasteiger partial charge in [0.25, 0.3) is 0 Å². The van der Waals surface area contributed by atoms with E-state index in [1.807, 2.05) is 0 Å². The van der Waals surface area contributed by atoms with Crippen molar-refractivity contribution in [3.05, 3.63) is 0 Å². The Morgan fingerprint density at radius 3 is 2.38 bits per heavy atom. The molecule has 0 saturated carbocycles. The number of rotatable bonds is 2. The molecule has 0 aromatic heterocycles. The van der Waals surface area contributed by atoms with Crippen molar-refractivity contribution in [1.29, 1.82) is 0 Å². The summed E-state index contributed by atoms with van der Waals surface area (Å²) in [4.78, 5) is 22.5. The van der Waals surface area contributed by atoms with Gasteiger partial charge in [-0.25, -0.2) is 5.01 Å². The zero-order chi connectivity index (χ0) is 12.5. The average molecular weight is 230 g/mol. The second kappa shape index (κ2) is 4.39. The minimum absolute atomic E-state index is 0.209. The van der Waals surface area contributed by atoms with E-state index in [2.05, 4.69) is 0 Å². The smallest absolute Gasteiger partial charge is 0.322 e. The quantitative estimate of drug-likeness (QED) is 0.511. The standard InChI is InChI=1S/C10H18N2O4/c1-10(2,3)16-9(15)6-4-7(8(13)14)12(11)5-6/h6-7H,4-5,11H2,1-3H3,(H,13,14)/t6-,7+/m1/s1. The van der Waals surface area contributed by atoms with Crippen molar-refractivity contribution in [2.24, 2.45) is 11.8 Å². The van der Waals surface area contributed by atoms with Crippen LogP contribution in [0.25, 0.3) is 0 Å². The summed E-state index contributed by atoms with van der Waals surface area (Å²) in [6.45, 7) is 5.55. The Morgan fingerprint density at radius 1 is 1.44 bits per heavy atom. The number of nitrogens with two attached hydrogens (primary N) is 1. The van der Waals surface area contributed by atoms with Crippen LogP contribution >= 0.6 is 0 Å². The molecule has 1 aliphatic heterocycles. The molecule has 1 saturated heterocycles. The number of hydrogen-bond acceptors (Lipinski definition) is 5. The molecule has 0 aromatic carbocycles. The van der Waals surface area contributed by atoms with Crippen LogP contribution in [0.15, 0.2) is 0 Å². The first kappa shape index (κ1) is 12.9. The Morgan fingerprint density at radius 2 is 2.00 bits per heavy atom. The third kappa shape index (κ3) is 3.18. The summed E-state index contributed by atoms with van der Waals surface area (Å²) in [6.07, 6.45) is 0.209. The Balaban J connectivity index is 2.58. The molecule has 3 N–H and O–H groups in total. The summed E-state index contributed by atoms with van der Waals surface area (Å²) >= 11 is 0.